The molecule has 86 valence electrons. The maximum atomic E-state index is 13.6. The van der Waals surface area contributed by atoms with Crippen LogP contribution in [-0.2, 0) is 0 Å². The van der Waals surface area contributed by atoms with Crippen LogP contribution in [0, 0.1) is 5.82 Å². The van der Waals surface area contributed by atoms with Crippen LogP contribution >= 0.6 is 23.4 Å². The number of halogens is 2. The van der Waals surface area contributed by atoms with E-state index in [0.29, 0.717) is 11.6 Å². The molecule has 16 heavy (non-hydrogen) atoms. The molecule has 0 bridgehead atoms. The summed E-state index contributed by atoms with van der Waals surface area (Å²) in [4.78, 5) is 0.770. The van der Waals surface area contributed by atoms with Crippen LogP contribution in [0.3, 0.4) is 0 Å². The Bertz CT molecular complexity index is 408. The lowest BCUT2D eigenvalue weighted by Gasteiger charge is -2.26. The summed E-state index contributed by atoms with van der Waals surface area (Å²) in [6.45, 7) is 4.20. The molecule has 2 rings (SSSR count). The Hall–Kier alpha value is -0.510. The van der Waals surface area contributed by atoms with Crippen molar-refractivity contribution >= 4 is 23.4 Å². The van der Waals surface area contributed by atoms with E-state index in [1.165, 1.54) is 6.07 Å². The molecule has 1 heterocycles. The quantitative estimate of drug-likeness (QED) is 0.886. The van der Waals surface area contributed by atoms with Crippen molar-refractivity contribution in [3.63, 3.8) is 0 Å². The summed E-state index contributed by atoms with van der Waals surface area (Å²) in [5.74, 6) is 0.805. The zero-order chi connectivity index (χ0) is 11.5. The molecule has 1 aromatic rings. The fourth-order valence-electron chi connectivity index (χ4n) is 1.83. The van der Waals surface area contributed by atoms with Gasteiger partial charge >= 0.3 is 0 Å². The summed E-state index contributed by atoms with van der Waals surface area (Å²) in [6, 6.07) is 5.42. The first-order valence-corrected chi connectivity index (χ1v) is 6.52. The summed E-state index contributed by atoms with van der Waals surface area (Å²) in [5.41, 5.74) is 1.04. The SMILES string of the molecule is C=C(Cl)CNC1CCSc2c(F)cccc21. The molecule has 0 saturated heterocycles. The average molecular weight is 258 g/mol. The van der Waals surface area contributed by atoms with E-state index >= 15 is 0 Å². The maximum Gasteiger partial charge on any atom is 0.137 e. The summed E-state index contributed by atoms with van der Waals surface area (Å²) in [6.07, 6.45) is 0.991. The number of thioether (sulfide) groups is 1. The van der Waals surface area contributed by atoms with E-state index < -0.39 is 0 Å². The molecule has 0 aliphatic carbocycles. The largest absolute Gasteiger partial charge is 0.305 e. The van der Waals surface area contributed by atoms with Crippen LogP contribution in [0.15, 0.2) is 34.7 Å². The molecule has 1 unspecified atom stereocenters. The van der Waals surface area contributed by atoms with Crippen LogP contribution in [0.5, 0.6) is 0 Å². The second-order valence-corrected chi connectivity index (χ2v) is 5.39. The lowest BCUT2D eigenvalue weighted by atomic mass is 10.0. The minimum absolute atomic E-state index is 0.126. The molecule has 4 heteroatoms. The highest BCUT2D eigenvalue weighted by molar-refractivity contribution is 7.99. The van der Waals surface area contributed by atoms with E-state index in [4.69, 9.17) is 11.6 Å². The van der Waals surface area contributed by atoms with Crippen LogP contribution in [0.4, 0.5) is 4.39 Å². The molecule has 1 nitrogen and oxygen atoms in total. The van der Waals surface area contributed by atoms with Crippen molar-refractivity contribution < 1.29 is 4.39 Å². The van der Waals surface area contributed by atoms with E-state index in [1.807, 2.05) is 6.07 Å². The highest BCUT2D eigenvalue weighted by Crippen LogP contribution is 2.37. The van der Waals surface area contributed by atoms with Crippen molar-refractivity contribution in [2.45, 2.75) is 17.4 Å². The second-order valence-electron chi connectivity index (χ2n) is 3.75. The van der Waals surface area contributed by atoms with Gasteiger partial charge in [0.2, 0.25) is 0 Å². The molecule has 0 spiro atoms. The number of nitrogens with one attached hydrogen (secondary N) is 1. The molecule has 1 atom stereocenters. The Labute approximate surface area is 104 Å². The Balaban J connectivity index is 2.19. The minimum atomic E-state index is -0.126. The molecule has 0 radical (unpaired) electrons. The molecule has 0 amide bonds. The zero-order valence-corrected chi connectivity index (χ0v) is 10.4. The number of benzene rings is 1. The molecule has 0 saturated carbocycles. The zero-order valence-electron chi connectivity index (χ0n) is 8.80. The van der Waals surface area contributed by atoms with E-state index in [0.717, 1.165) is 22.6 Å². The fraction of sp³-hybridized carbons (Fsp3) is 0.333. The molecule has 1 N–H and O–H groups in total. The molecular weight excluding hydrogens is 245 g/mol. The van der Waals surface area contributed by atoms with Gasteiger partial charge in [0.1, 0.15) is 5.82 Å². The molecular formula is C12H13ClFNS. The van der Waals surface area contributed by atoms with Gasteiger partial charge in [0.25, 0.3) is 0 Å². The lowest BCUT2D eigenvalue weighted by Crippen LogP contribution is -2.25. The van der Waals surface area contributed by atoms with Crippen molar-refractivity contribution in [3.05, 3.63) is 41.2 Å². The number of fused-ring (bicyclic) bond motifs is 1. The van der Waals surface area contributed by atoms with E-state index in [9.17, 15) is 4.39 Å². The van der Waals surface area contributed by atoms with Crippen LogP contribution in [0.2, 0.25) is 0 Å². The van der Waals surface area contributed by atoms with Gasteiger partial charge < -0.3 is 5.32 Å². The van der Waals surface area contributed by atoms with Gasteiger partial charge in [-0.2, -0.15) is 0 Å². The fourth-order valence-corrected chi connectivity index (χ4v) is 3.05. The number of hydrogen-bond donors (Lipinski definition) is 1. The molecule has 1 aliphatic rings. The van der Waals surface area contributed by atoms with Gasteiger partial charge in [-0.05, 0) is 23.8 Å². The van der Waals surface area contributed by atoms with Crippen molar-refractivity contribution in [2.75, 3.05) is 12.3 Å². The lowest BCUT2D eigenvalue weighted by molar-refractivity contribution is 0.519. The monoisotopic (exact) mass is 257 g/mol. The first-order valence-electron chi connectivity index (χ1n) is 5.16. The predicted octanol–water partition coefficient (Wildman–Crippen LogP) is 3.70. The van der Waals surface area contributed by atoms with Gasteiger partial charge in [-0.3, -0.25) is 0 Å². The summed E-state index contributed by atoms with van der Waals surface area (Å²) in [7, 11) is 0. The number of rotatable bonds is 3. The minimum Gasteiger partial charge on any atom is -0.305 e. The Morgan fingerprint density at radius 3 is 3.19 bits per heavy atom. The third kappa shape index (κ3) is 2.59. The van der Waals surface area contributed by atoms with Crippen molar-refractivity contribution in [1.29, 1.82) is 0 Å². The van der Waals surface area contributed by atoms with Gasteiger partial charge in [-0.25, -0.2) is 4.39 Å². The molecule has 1 aromatic carbocycles. The van der Waals surface area contributed by atoms with Gasteiger partial charge in [-0.15, -0.1) is 11.8 Å². The maximum absolute atomic E-state index is 13.6. The summed E-state index contributed by atoms with van der Waals surface area (Å²) < 4.78 is 13.6. The van der Waals surface area contributed by atoms with Crippen LogP contribution in [0.25, 0.3) is 0 Å². The third-order valence-electron chi connectivity index (χ3n) is 2.57. The standard InChI is InChI=1S/C12H13ClFNS/c1-8(13)7-15-11-5-6-16-12-9(11)3-2-4-10(12)14/h2-4,11,15H,1,5-7H2. The average Bonchev–Trinajstić information content (AvgIpc) is 2.27. The summed E-state index contributed by atoms with van der Waals surface area (Å²) in [5, 5.41) is 3.87. The van der Waals surface area contributed by atoms with Crippen LogP contribution < -0.4 is 5.32 Å². The topological polar surface area (TPSA) is 12.0 Å². The highest BCUT2D eigenvalue weighted by Gasteiger charge is 2.22. The van der Waals surface area contributed by atoms with Crippen molar-refractivity contribution in [2.24, 2.45) is 0 Å². The molecule has 1 aliphatic heterocycles. The Kier molecular flexibility index (Phi) is 3.90. The van der Waals surface area contributed by atoms with Gasteiger partial charge in [0.05, 0.1) is 0 Å². The second kappa shape index (κ2) is 5.21. The Morgan fingerprint density at radius 1 is 1.62 bits per heavy atom. The predicted molar refractivity (Wildman–Crippen MR) is 67.5 cm³/mol. The van der Waals surface area contributed by atoms with E-state index in [1.54, 1.807) is 17.8 Å². The van der Waals surface area contributed by atoms with Gasteiger partial charge in [-0.1, -0.05) is 30.3 Å². The van der Waals surface area contributed by atoms with E-state index in [2.05, 4.69) is 11.9 Å². The van der Waals surface area contributed by atoms with E-state index in [-0.39, 0.29) is 11.9 Å². The molecule has 0 fully saturated rings. The first-order chi connectivity index (χ1) is 7.68. The summed E-state index contributed by atoms with van der Waals surface area (Å²) >= 11 is 7.30. The van der Waals surface area contributed by atoms with Crippen LogP contribution in [-0.4, -0.2) is 12.3 Å². The first kappa shape index (κ1) is 12.0. The smallest absolute Gasteiger partial charge is 0.137 e. The van der Waals surface area contributed by atoms with Crippen molar-refractivity contribution in [1.82, 2.24) is 5.32 Å². The highest BCUT2D eigenvalue weighted by atomic mass is 35.5. The van der Waals surface area contributed by atoms with Gasteiger partial charge in [0.15, 0.2) is 0 Å². The van der Waals surface area contributed by atoms with Crippen LogP contribution in [0.1, 0.15) is 18.0 Å². The number of hydrogen-bond acceptors (Lipinski definition) is 2. The third-order valence-corrected chi connectivity index (χ3v) is 3.86. The van der Waals surface area contributed by atoms with Gasteiger partial charge in [0, 0.05) is 22.5 Å². The normalized spacial score (nSPS) is 19.2. The van der Waals surface area contributed by atoms with Crippen molar-refractivity contribution in [3.8, 4) is 0 Å². The Morgan fingerprint density at radius 2 is 2.44 bits per heavy atom. The molecule has 0 aromatic heterocycles.